The molecule has 0 unspecified atom stereocenters. The lowest BCUT2D eigenvalue weighted by molar-refractivity contribution is 0.513. The fourth-order valence-electron chi connectivity index (χ4n) is 1.57. The fraction of sp³-hybridized carbons (Fsp3) is 0.214. The van der Waals surface area contributed by atoms with Gasteiger partial charge >= 0.3 is 0 Å². The third-order valence-corrected chi connectivity index (χ3v) is 2.76. The van der Waals surface area contributed by atoms with Crippen LogP contribution in [0.2, 0.25) is 0 Å². The molecular formula is C14H17N3O. The van der Waals surface area contributed by atoms with E-state index in [-0.39, 0.29) is 0 Å². The van der Waals surface area contributed by atoms with Gasteiger partial charge in [0.25, 0.3) is 0 Å². The molecule has 0 aliphatic heterocycles. The van der Waals surface area contributed by atoms with Crippen LogP contribution in [0.3, 0.4) is 0 Å². The SMILES string of the molecule is Cc1ccc(NC(N)=NCc2ccco2)cc1C. The van der Waals surface area contributed by atoms with E-state index in [1.165, 1.54) is 11.1 Å². The molecule has 0 amide bonds. The van der Waals surface area contributed by atoms with Crippen LogP contribution < -0.4 is 11.1 Å². The largest absolute Gasteiger partial charge is 0.467 e. The molecular weight excluding hydrogens is 226 g/mol. The number of aliphatic imine (C=N–C) groups is 1. The Hall–Kier alpha value is -2.23. The molecule has 0 saturated heterocycles. The highest BCUT2D eigenvalue weighted by atomic mass is 16.3. The molecule has 0 spiro atoms. The first-order valence-corrected chi connectivity index (χ1v) is 5.82. The number of hydrogen-bond donors (Lipinski definition) is 2. The highest BCUT2D eigenvalue weighted by Crippen LogP contribution is 2.13. The lowest BCUT2D eigenvalue weighted by Gasteiger charge is -2.07. The minimum atomic E-state index is 0.384. The number of anilines is 1. The average molecular weight is 243 g/mol. The maximum absolute atomic E-state index is 5.81. The predicted octanol–water partition coefficient (Wildman–Crippen LogP) is 2.82. The Kier molecular flexibility index (Phi) is 3.67. The Morgan fingerprint density at radius 2 is 2.11 bits per heavy atom. The van der Waals surface area contributed by atoms with E-state index < -0.39 is 0 Å². The van der Waals surface area contributed by atoms with Crippen molar-refractivity contribution in [3.63, 3.8) is 0 Å². The maximum atomic E-state index is 5.81. The summed E-state index contributed by atoms with van der Waals surface area (Å²) in [5.74, 6) is 1.18. The van der Waals surface area contributed by atoms with Crippen LogP contribution in [-0.4, -0.2) is 5.96 Å². The quantitative estimate of drug-likeness (QED) is 0.643. The third-order valence-electron chi connectivity index (χ3n) is 2.76. The van der Waals surface area contributed by atoms with Crippen molar-refractivity contribution in [2.24, 2.45) is 10.7 Å². The zero-order valence-corrected chi connectivity index (χ0v) is 10.6. The second kappa shape index (κ2) is 5.40. The molecule has 1 aromatic carbocycles. The molecule has 2 rings (SSSR count). The van der Waals surface area contributed by atoms with Crippen molar-refractivity contribution in [1.29, 1.82) is 0 Å². The van der Waals surface area contributed by atoms with E-state index >= 15 is 0 Å². The second-order valence-electron chi connectivity index (χ2n) is 4.20. The zero-order chi connectivity index (χ0) is 13.0. The van der Waals surface area contributed by atoms with Gasteiger partial charge in [-0.1, -0.05) is 6.07 Å². The average Bonchev–Trinajstić information content (AvgIpc) is 2.84. The van der Waals surface area contributed by atoms with E-state index in [1.54, 1.807) is 6.26 Å². The molecule has 4 nitrogen and oxygen atoms in total. The topological polar surface area (TPSA) is 63.5 Å². The Balaban J connectivity index is 1.99. The van der Waals surface area contributed by atoms with Gasteiger partial charge in [0.2, 0.25) is 0 Å². The predicted molar refractivity (Wildman–Crippen MR) is 73.6 cm³/mol. The van der Waals surface area contributed by atoms with E-state index in [0.29, 0.717) is 12.5 Å². The molecule has 0 aliphatic carbocycles. The summed E-state index contributed by atoms with van der Waals surface area (Å²) < 4.78 is 5.18. The van der Waals surface area contributed by atoms with Gasteiger partial charge in [0.1, 0.15) is 12.3 Å². The highest BCUT2D eigenvalue weighted by Gasteiger charge is 1.99. The van der Waals surface area contributed by atoms with Gasteiger partial charge < -0.3 is 15.5 Å². The third kappa shape index (κ3) is 3.13. The summed E-state index contributed by atoms with van der Waals surface area (Å²) in [6, 6.07) is 9.78. The molecule has 0 atom stereocenters. The van der Waals surface area contributed by atoms with Crippen molar-refractivity contribution in [3.8, 4) is 0 Å². The summed E-state index contributed by atoms with van der Waals surface area (Å²) in [6.45, 7) is 4.58. The number of nitrogens with one attached hydrogen (secondary N) is 1. The number of hydrogen-bond acceptors (Lipinski definition) is 2. The lowest BCUT2D eigenvalue weighted by atomic mass is 10.1. The van der Waals surface area contributed by atoms with Crippen molar-refractivity contribution in [1.82, 2.24) is 0 Å². The van der Waals surface area contributed by atoms with Crippen LogP contribution in [0.1, 0.15) is 16.9 Å². The maximum Gasteiger partial charge on any atom is 0.193 e. The first-order chi connectivity index (χ1) is 8.65. The summed E-state index contributed by atoms with van der Waals surface area (Å²) in [4.78, 5) is 4.20. The van der Waals surface area contributed by atoms with Crippen LogP contribution in [0.25, 0.3) is 0 Å². The molecule has 0 radical (unpaired) electrons. The van der Waals surface area contributed by atoms with Gasteiger partial charge in [-0.15, -0.1) is 0 Å². The van der Waals surface area contributed by atoms with Crippen molar-refractivity contribution in [3.05, 3.63) is 53.5 Å². The molecule has 3 N–H and O–H groups in total. The second-order valence-corrected chi connectivity index (χ2v) is 4.20. The van der Waals surface area contributed by atoms with Gasteiger partial charge in [0.15, 0.2) is 5.96 Å². The minimum absolute atomic E-state index is 0.384. The molecule has 18 heavy (non-hydrogen) atoms. The number of nitrogens with zero attached hydrogens (tertiary/aromatic N) is 1. The standard InChI is InChI=1S/C14H17N3O/c1-10-5-6-12(8-11(10)2)17-14(15)16-9-13-4-3-7-18-13/h3-8H,9H2,1-2H3,(H3,15,16,17). The lowest BCUT2D eigenvalue weighted by Crippen LogP contribution is -2.22. The number of aryl methyl sites for hydroxylation is 2. The molecule has 0 bridgehead atoms. The summed E-state index contributed by atoms with van der Waals surface area (Å²) in [5.41, 5.74) is 9.23. The van der Waals surface area contributed by atoms with Gasteiger partial charge in [0, 0.05) is 5.69 Å². The van der Waals surface area contributed by atoms with Crippen molar-refractivity contribution in [2.45, 2.75) is 20.4 Å². The first kappa shape index (κ1) is 12.2. The van der Waals surface area contributed by atoms with Gasteiger partial charge in [-0.3, -0.25) is 0 Å². The van der Waals surface area contributed by atoms with Crippen molar-refractivity contribution in [2.75, 3.05) is 5.32 Å². The van der Waals surface area contributed by atoms with E-state index in [2.05, 4.69) is 30.2 Å². The summed E-state index contributed by atoms with van der Waals surface area (Å²) in [6.07, 6.45) is 1.62. The van der Waals surface area contributed by atoms with Gasteiger partial charge in [-0.25, -0.2) is 4.99 Å². The summed E-state index contributed by atoms with van der Waals surface area (Å²) in [5, 5.41) is 3.06. The monoisotopic (exact) mass is 243 g/mol. The Bertz CT molecular complexity index is 544. The minimum Gasteiger partial charge on any atom is -0.467 e. The molecule has 94 valence electrons. The molecule has 0 fully saturated rings. The highest BCUT2D eigenvalue weighted by molar-refractivity contribution is 5.92. The molecule has 2 aromatic rings. The molecule has 0 saturated carbocycles. The number of guanidine groups is 1. The molecule has 1 aromatic heterocycles. The van der Waals surface area contributed by atoms with E-state index in [9.17, 15) is 0 Å². The molecule has 4 heteroatoms. The van der Waals surface area contributed by atoms with Crippen LogP contribution in [-0.2, 0) is 6.54 Å². The smallest absolute Gasteiger partial charge is 0.193 e. The normalized spacial score (nSPS) is 11.6. The fourth-order valence-corrected chi connectivity index (χ4v) is 1.57. The van der Waals surface area contributed by atoms with Crippen LogP contribution in [0.4, 0.5) is 5.69 Å². The van der Waals surface area contributed by atoms with Gasteiger partial charge in [-0.2, -0.15) is 0 Å². The van der Waals surface area contributed by atoms with Crippen molar-refractivity contribution >= 4 is 11.6 Å². The number of furan rings is 1. The summed E-state index contributed by atoms with van der Waals surface area (Å²) in [7, 11) is 0. The van der Waals surface area contributed by atoms with Crippen LogP contribution in [0, 0.1) is 13.8 Å². The van der Waals surface area contributed by atoms with E-state index in [1.807, 2.05) is 24.3 Å². The van der Waals surface area contributed by atoms with E-state index in [0.717, 1.165) is 11.4 Å². The first-order valence-electron chi connectivity index (χ1n) is 5.82. The van der Waals surface area contributed by atoms with Gasteiger partial charge in [-0.05, 0) is 49.2 Å². The van der Waals surface area contributed by atoms with Crippen LogP contribution in [0.15, 0.2) is 46.0 Å². The van der Waals surface area contributed by atoms with Crippen LogP contribution >= 0.6 is 0 Å². The molecule has 1 heterocycles. The Labute approximate surface area is 107 Å². The zero-order valence-electron chi connectivity index (χ0n) is 10.6. The number of benzene rings is 1. The summed E-state index contributed by atoms with van der Waals surface area (Å²) >= 11 is 0. The Morgan fingerprint density at radius 1 is 1.28 bits per heavy atom. The van der Waals surface area contributed by atoms with E-state index in [4.69, 9.17) is 10.2 Å². The van der Waals surface area contributed by atoms with Gasteiger partial charge in [0.05, 0.1) is 6.26 Å². The number of rotatable bonds is 3. The molecule has 0 aliphatic rings. The van der Waals surface area contributed by atoms with Crippen LogP contribution in [0.5, 0.6) is 0 Å². The van der Waals surface area contributed by atoms with Crippen molar-refractivity contribution < 1.29 is 4.42 Å². The number of nitrogens with two attached hydrogens (primary N) is 1. The Morgan fingerprint density at radius 3 is 2.78 bits per heavy atom.